The summed E-state index contributed by atoms with van der Waals surface area (Å²) in [6.07, 6.45) is 8.14. The van der Waals surface area contributed by atoms with Gasteiger partial charge in [-0.25, -0.2) is 4.39 Å². The number of benzene rings is 1. The Kier molecular flexibility index (Phi) is 6.25. The van der Waals surface area contributed by atoms with Crippen molar-refractivity contribution in [1.82, 2.24) is 10.2 Å². The van der Waals surface area contributed by atoms with E-state index in [-0.39, 0.29) is 41.0 Å². The van der Waals surface area contributed by atoms with E-state index >= 15 is 0 Å². The summed E-state index contributed by atoms with van der Waals surface area (Å²) in [5.41, 5.74) is 0.900. The van der Waals surface area contributed by atoms with Crippen LogP contribution < -0.4 is 17.7 Å². The van der Waals surface area contributed by atoms with Gasteiger partial charge in [0.1, 0.15) is 5.82 Å². The second kappa shape index (κ2) is 8.60. The zero-order chi connectivity index (χ0) is 19.9. The van der Waals surface area contributed by atoms with Crippen LogP contribution in [0.5, 0.6) is 0 Å². The predicted molar refractivity (Wildman–Crippen MR) is 114 cm³/mol. The minimum Gasteiger partial charge on any atom is -1.00 e. The zero-order valence-corrected chi connectivity index (χ0v) is 18.8. The molecule has 0 bridgehead atoms. The van der Waals surface area contributed by atoms with Gasteiger partial charge in [0.15, 0.2) is 0 Å². The molecule has 1 aliphatic carbocycles. The predicted octanol–water partition coefficient (Wildman–Crippen LogP) is 2.05. The largest absolute Gasteiger partial charge is 1.00 e. The fourth-order valence-electron chi connectivity index (χ4n) is 6.16. The molecule has 3 heterocycles. The Hall–Kier alpha value is -1.43. The minimum absolute atomic E-state index is 0. The Morgan fingerprint density at radius 2 is 1.70 bits per heavy atom. The van der Waals surface area contributed by atoms with Gasteiger partial charge in [-0.15, -0.1) is 11.3 Å². The molecule has 2 aliphatic heterocycles. The third-order valence-electron chi connectivity index (χ3n) is 7.78. The zero-order valence-electron chi connectivity index (χ0n) is 17.2. The Bertz CT molecular complexity index is 856. The lowest BCUT2D eigenvalue weighted by atomic mass is 9.66. The molecular weight excluding hydrogens is 419 g/mol. The number of rotatable bonds is 3. The van der Waals surface area contributed by atoms with Crippen molar-refractivity contribution in [2.24, 2.45) is 5.41 Å². The van der Waals surface area contributed by atoms with Gasteiger partial charge in [-0.2, -0.15) is 0 Å². The number of carbonyl (C=O) groups excluding carboxylic acids is 1. The third kappa shape index (κ3) is 3.49. The Morgan fingerprint density at radius 1 is 1.00 bits per heavy atom. The van der Waals surface area contributed by atoms with Gasteiger partial charge in [0.05, 0.1) is 11.0 Å². The monoisotopic (exact) mass is 447 g/mol. The number of hydrogen-bond donors (Lipinski definition) is 1. The van der Waals surface area contributed by atoms with Crippen molar-refractivity contribution in [3.8, 4) is 0 Å². The van der Waals surface area contributed by atoms with Gasteiger partial charge in [0.25, 0.3) is 0 Å². The standard InChI is InChI=1S/C24H29FN2OS.ClH/c25-19-8-6-18(7-9-19)20-17-26-22(28)23(20)12-14-27(15-13-23)24(10-2-1-3-11-24)21-5-4-16-29-21;/h4-9,16,20H,1-3,10-15,17H2,(H,26,28);1H/p-1. The van der Waals surface area contributed by atoms with E-state index in [4.69, 9.17) is 0 Å². The summed E-state index contributed by atoms with van der Waals surface area (Å²) in [5, 5.41) is 5.33. The molecule has 1 amide bonds. The lowest BCUT2D eigenvalue weighted by Crippen LogP contribution is -3.00. The molecule has 1 atom stereocenters. The smallest absolute Gasteiger partial charge is 0.227 e. The van der Waals surface area contributed by atoms with E-state index < -0.39 is 0 Å². The fourth-order valence-corrected chi connectivity index (χ4v) is 7.18. The number of thiophene rings is 1. The van der Waals surface area contributed by atoms with E-state index in [1.54, 1.807) is 0 Å². The number of amides is 1. The van der Waals surface area contributed by atoms with Crippen LogP contribution in [0.3, 0.4) is 0 Å². The molecule has 1 N–H and O–H groups in total. The molecule has 2 aromatic rings. The normalized spacial score (nSPS) is 25.6. The quantitative estimate of drug-likeness (QED) is 0.781. The number of carbonyl (C=O) groups is 1. The maximum Gasteiger partial charge on any atom is 0.227 e. The van der Waals surface area contributed by atoms with Gasteiger partial charge >= 0.3 is 0 Å². The van der Waals surface area contributed by atoms with Crippen molar-refractivity contribution >= 4 is 17.2 Å². The van der Waals surface area contributed by atoms with Gasteiger partial charge in [0, 0.05) is 30.4 Å². The van der Waals surface area contributed by atoms with E-state index in [0.717, 1.165) is 31.5 Å². The highest BCUT2D eigenvalue weighted by molar-refractivity contribution is 7.10. The SMILES string of the molecule is O=C1NCC(c2ccc(F)cc2)C12CCN(C1(c3cccs3)CCCCC1)CC2.[Cl-]. The number of nitrogens with zero attached hydrogens (tertiary/aromatic N) is 1. The van der Waals surface area contributed by atoms with Crippen LogP contribution in [0, 0.1) is 11.2 Å². The summed E-state index contributed by atoms with van der Waals surface area (Å²) in [5.74, 6) is 0.118. The first kappa shape index (κ1) is 21.8. The molecule has 1 unspecified atom stereocenters. The lowest BCUT2D eigenvalue weighted by Gasteiger charge is -2.51. The van der Waals surface area contributed by atoms with Crippen molar-refractivity contribution in [1.29, 1.82) is 0 Å². The fraction of sp³-hybridized carbons (Fsp3) is 0.542. The highest BCUT2D eigenvalue weighted by Crippen LogP contribution is 2.52. The second-order valence-corrected chi connectivity index (χ2v) is 9.97. The van der Waals surface area contributed by atoms with Crippen molar-refractivity contribution in [3.05, 3.63) is 58.0 Å². The van der Waals surface area contributed by atoms with E-state index in [0.29, 0.717) is 6.54 Å². The second-order valence-electron chi connectivity index (χ2n) is 9.03. The Morgan fingerprint density at radius 3 is 2.33 bits per heavy atom. The van der Waals surface area contributed by atoms with E-state index in [1.807, 2.05) is 23.5 Å². The Balaban J connectivity index is 0.00000218. The van der Waals surface area contributed by atoms with Crippen LogP contribution in [0.15, 0.2) is 41.8 Å². The first-order valence-electron chi connectivity index (χ1n) is 11.0. The number of hydrogen-bond acceptors (Lipinski definition) is 3. The topological polar surface area (TPSA) is 32.3 Å². The first-order valence-corrected chi connectivity index (χ1v) is 11.8. The lowest BCUT2D eigenvalue weighted by molar-refractivity contribution is -0.132. The molecule has 5 rings (SSSR count). The average molecular weight is 448 g/mol. The Labute approximate surface area is 188 Å². The number of nitrogens with one attached hydrogen (secondary N) is 1. The van der Waals surface area contributed by atoms with Crippen molar-refractivity contribution in [2.45, 2.75) is 56.4 Å². The first-order chi connectivity index (χ1) is 14.1. The summed E-state index contributed by atoms with van der Waals surface area (Å²) >= 11 is 1.89. The molecule has 30 heavy (non-hydrogen) atoms. The van der Waals surface area contributed by atoms with Gasteiger partial charge < -0.3 is 17.7 Å². The van der Waals surface area contributed by atoms with E-state index in [2.05, 4.69) is 27.7 Å². The van der Waals surface area contributed by atoms with Crippen LogP contribution in [-0.4, -0.2) is 30.4 Å². The molecule has 1 saturated carbocycles. The molecule has 1 aromatic carbocycles. The highest BCUT2D eigenvalue weighted by atomic mass is 35.5. The average Bonchev–Trinajstić information content (AvgIpc) is 3.40. The molecule has 1 spiro atoms. The summed E-state index contributed by atoms with van der Waals surface area (Å²) in [7, 11) is 0. The van der Waals surface area contributed by atoms with E-state index in [1.165, 1.54) is 49.1 Å². The van der Waals surface area contributed by atoms with Crippen LogP contribution in [0.1, 0.15) is 61.3 Å². The summed E-state index contributed by atoms with van der Waals surface area (Å²) in [4.78, 5) is 17.2. The molecule has 3 aliphatic rings. The molecule has 2 saturated heterocycles. The van der Waals surface area contributed by atoms with Crippen molar-refractivity contribution < 1.29 is 21.6 Å². The molecule has 0 radical (unpaired) electrons. The van der Waals surface area contributed by atoms with Crippen LogP contribution in [-0.2, 0) is 10.3 Å². The van der Waals surface area contributed by atoms with Gasteiger partial charge in [-0.05, 0) is 54.8 Å². The third-order valence-corrected chi connectivity index (χ3v) is 8.84. The minimum atomic E-state index is -0.348. The number of likely N-dealkylation sites (tertiary alicyclic amines) is 1. The van der Waals surface area contributed by atoms with Crippen LogP contribution in [0.4, 0.5) is 4.39 Å². The summed E-state index contributed by atoms with van der Waals surface area (Å²) < 4.78 is 13.4. The molecule has 3 nitrogen and oxygen atoms in total. The van der Waals surface area contributed by atoms with Gasteiger partial charge in [-0.1, -0.05) is 37.5 Å². The summed E-state index contributed by atoms with van der Waals surface area (Å²) in [6.45, 7) is 2.59. The molecule has 6 heteroatoms. The van der Waals surface area contributed by atoms with Crippen LogP contribution in [0.2, 0.25) is 0 Å². The van der Waals surface area contributed by atoms with Gasteiger partial charge in [-0.3, -0.25) is 9.69 Å². The molecule has 162 valence electrons. The maximum absolute atomic E-state index is 13.4. The van der Waals surface area contributed by atoms with Crippen LogP contribution >= 0.6 is 11.3 Å². The van der Waals surface area contributed by atoms with Crippen LogP contribution in [0.25, 0.3) is 0 Å². The molecule has 1 aromatic heterocycles. The maximum atomic E-state index is 13.4. The van der Waals surface area contributed by atoms with Crippen molar-refractivity contribution in [3.63, 3.8) is 0 Å². The number of piperidine rings is 1. The van der Waals surface area contributed by atoms with Crippen molar-refractivity contribution in [2.75, 3.05) is 19.6 Å². The summed E-state index contributed by atoms with van der Waals surface area (Å²) in [6, 6.07) is 11.3. The van der Waals surface area contributed by atoms with E-state index in [9.17, 15) is 9.18 Å². The van der Waals surface area contributed by atoms with Gasteiger partial charge in [0.2, 0.25) is 5.91 Å². The molecule has 3 fully saturated rings. The number of halogens is 2. The highest BCUT2D eigenvalue weighted by Gasteiger charge is 2.54. The molecular formula is C24H29ClFN2OS-.